The lowest BCUT2D eigenvalue weighted by Gasteiger charge is -2.23. The molecule has 166 valence electrons. The zero-order valence-corrected chi connectivity index (χ0v) is 18.8. The SMILES string of the molecule is COc1ccccc1CN1CCCN(c2ccc(NC(=O)c3ccccc3C)cn2)CC1. The number of benzene rings is 2. The minimum absolute atomic E-state index is 0.112. The van der Waals surface area contributed by atoms with Crippen molar-refractivity contribution in [1.82, 2.24) is 9.88 Å². The van der Waals surface area contributed by atoms with Crippen LogP contribution in [0.2, 0.25) is 0 Å². The minimum atomic E-state index is -0.112. The molecule has 1 saturated heterocycles. The summed E-state index contributed by atoms with van der Waals surface area (Å²) in [6.07, 6.45) is 2.81. The summed E-state index contributed by atoms with van der Waals surface area (Å²) in [4.78, 5) is 21.9. The first-order chi connectivity index (χ1) is 15.6. The summed E-state index contributed by atoms with van der Waals surface area (Å²) in [6, 6.07) is 19.7. The highest BCUT2D eigenvalue weighted by Crippen LogP contribution is 2.22. The van der Waals surface area contributed by atoms with Crippen LogP contribution in [-0.4, -0.2) is 49.1 Å². The molecule has 1 amide bonds. The second-order valence-electron chi connectivity index (χ2n) is 8.10. The van der Waals surface area contributed by atoms with Gasteiger partial charge in [-0.15, -0.1) is 0 Å². The number of amides is 1. The fraction of sp³-hybridized carbons (Fsp3) is 0.308. The number of hydrogen-bond donors (Lipinski definition) is 1. The van der Waals surface area contributed by atoms with E-state index in [1.54, 1.807) is 13.3 Å². The molecule has 0 unspecified atom stereocenters. The number of nitrogens with one attached hydrogen (secondary N) is 1. The fourth-order valence-corrected chi connectivity index (χ4v) is 4.11. The van der Waals surface area contributed by atoms with E-state index in [4.69, 9.17) is 4.74 Å². The van der Waals surface area contributed by atoms with Crippen molar-refractivity contribution in [3.8, 4) is 5.75 Å². The molecular weight excluding hydrogens is 400 g/mol. The first-order valence-electron chi connectivity index (χ1n) is 11.1. The van der Waals surface area contributed by atoms with Crippen molar-refractivity contribution in [1.29, 1.82) is 0 Å². The van der Waals surface area contributed by atoms with E-state index in [9.17, 15) is 4.79 Å². The Morgan fingerprint density at radius 1 is 1.00 bits per heavy atom. The Balaban J connectivity index is 1.35. The number of nitrogens with zero attached hydrogens (tertiary/aromatic N) is 3. The van der Waals surface area contributed by atoms with Gasteiger partial charge in [-0.3, -0.25) is 9.69 Å². The van der Waals surface area contributed by atoms with Crippen LogP contribution in [0.25, 0.3) is 0 Å². The number of hydrogen-bond acceptors (Lipinski definition) is 5. The van der Waals surface area contributed by atoms with Gasteiger partial charge in [-0.1, -0.05) is 36.4 Å². The van der Waals surface area contributed by atoms with Crippen LogP contribution in [0.3, 0.4) is 0 Å². The van der Waals surface area contributed by atoms with Crippen molar-refractivity contribution in [2.24, 2.45) is 0 Å². The maximum absolute atomic E-state index is 12.5. The van der Waals surface area contributed by atoms with Gasteiger partial charge in [0.05, 0.1) is 19.0 Å². The first-order valence-corrected chi connectivity index (χ1v) is 11.1. The van der Waals surface area contributed by atoms with Gasteiger partial charge >= 0.3 is 0 Å². The molecule has 3 aromatic rings. The minimum Gasteiger partial charge on any atom is -0.496 e. The molecule has 0 radical (unpaired) electrons. The number of pyridine rings is 1. The summed E-state index contributed by atoms with van der Waals surface area (Å²) < 4.78 is 5.50. The molecule has 0 spiro atoms. The van der Waals surface area contributed by atoms with Crippen LogP contribution in [0.4, 0.5) is 11.5 Å². The number of para-hydroxylation sites is 1. The van der Waals surface area contributed by atoms with Crippen LogP contribution in [0.5, 0.6) is 5.75 Å². The number of ether oxygens (including phenoxy) is 1. The number of anilines is 2. The summed E-state index contributed by atoms with van der Waals surface area (Å²) in [6.45, 7) is 6.70. The first kappa shape index (κ1) is 21.8. The third kappa shape index (κ3) is 5.26. The van der Waals surface area contributed by atoms with E-state index >= 15 is 0 Å². The molecule has 0 atom stereocenters. The van der Waals surface area contributed by atoms with Gasteiger partial charge in [-0.25, -0.2) is 4.98 Å². The maximum atomic E-state index is 12.5. The molecule has 2 heterocycles. The number of carbonyl (C=O) groups is 1. The number of methoxy groups -OCH3 is 1. The highest BCUT2D eigenvalue weighted by molar-refractivity contribution is 6.05. The van der Waals surface area contributed by atoms with Crippen LogP contribution in [0, 0.1) is 6.92 Å². The van der Waals surface area contributed by atoms with Crippen LogP contribution in [-0.2, 0) is 6.54 Å². The lowest BCUT2D eigenvalue weighted by Crippen LogP contribution is -2.31. The van der Waals surface area contributed by atoms with E-state index in [-0.39, 0.29) is 5.91 Å². The predicted molar refractivity (Wildman–Crippen MR) is 128 cm³/mol. The second-order valence-corrected chi connectivity index (χ2v) is 8.10. The van der Waals surface area contributed by atoms with Crippen molar-refractivity contribution < 1.29 is 9.53 Å². The number of aryl methyl sites for hydroxylation is 1. The molecule has 2 aromatic carbocycles. The smallest absolute Gasteiger partial charge is 0.255 e. The second kappa shape index (κ2) is 10.3. The van der Waals surface area contributed by atoms with Crippen molar-refractivity contribution in [2.75, 3.05) is 43.5 Å². The number of aromatic nitrogens is 1. The van der Waals surface area contributed by atoms with Gasteiger partial charge in [0.2, 0.25) is 0 Å². The van der Waals surface area contributed by atoms with Gasteiger partial charge in [0.15, 0.2) is 0 Å². The highest BCUT2D eigenvalue weighted by Gasteiger charge is 2.17. The van der Waals surface area contributed by atoms with Gasteiger partial charge < -0.3 is 15.0 Å². The molecule has 6 heteroatoms. The topological polar surface area (TPSA) is 57.7 Å². The lowest BCUT2D eigenvalue weighted by molar-refractivity contribution is 0.102. The van der Waals surface area contributed by atoms with Gasteiger partial charge in [0.1, 0.15) is 11.6 Å². The fourth-order valence-electron chi connectivity index (χ4n) is 4.11. The van der Waals surface area contributed by atoms with Crippen LogP contribution in [0.1, 0.15) is 27.9 Å². The predicted octanol–water partition coefficient (Wildman–Crippen LogP) is 4.36. The molecule has 1 aliphatic heterocycles. The zero-order chi connectivity index (χ0) is 22.3. The van der Waals surface area contributed by atoms with E-state index in [1.807, 2.05) is 55.5 Å². The summed E-state index contributed by atoms with van der Waals surface area (Å²) in [5, 5.41) is 2.95. The van der Waals surface area contributed by atoms with E-state index in [1.165, 1.54) is 5.56 Å². The third-order valence-electron chi connectivity index (χ3n) is 5.89. The number of carbonyl (C=O) groups excluding carboxylic acids is 1. The molecule has 1 aromatic heterocycles. The summed E-state index contributed by atoms with van der Waals surface area (Å²) in [7, 11) is 1.72. The van der Waals surface area contributed by atoms with Gasteiger partial charge in [-0.05, 0) is 43.2 Å². The molecule has 0 aliphatic carbocycles. The Morgan fingerprint density at radius 2 is 1.81 bits per heavy atom. The molecule has 1 N–H and O–H groups in total. The van der Waals surface area contributed by atoms with Crippen molar-refractivity contribution in [3.63, 3.8) is 0 Å². The quantitative estimate of drug-likeness (QED) is 0.630. The van der Waals surface area contributed by atoms with E-state index in [2.05, 4.69) is 32.2 Å². The standard InChI is InChI=1S/C26H30N4O2/c1-20-8-3-5-10-23(20)26(31)28-22-12-13-25(27-18-22)30-15-7-14-29(16-17-30)19-21-9-4-6-11-24(21)32-2/h3-6,8-13,18H,7,14-17,19H2,1-2H3,(H,28,31). The Hall–Kier alpha value is -3.38. The van der Waals surface area contributed by atoms with Crippen LogP contribution in [0.15, 0.2) is 66.9 Å². The Morgan fingerprint density at radius 3 is 2.59 bits per heavy atom. The van der Waals surface area contributed by atoms with Gasteiger partial charge in [-0.2, -0.15) is 0 Å². The lowest BCUT2D eigenvalue weighted by atomic mass is 10.1. The largest absolute Gasteiger partial charge is 0.496 e. The van der Waals surface area contributed by atoms with E-state index < -0.39 is 0 Å². The van der Waals surface area contributed by atoms with Gasteiger partial charge in [0.25, 0.3) is 5.91 Å². The Kier molecular flexibility index (Phi) is 7.02. The average Bonchev–Trinajstić information content (AvgIpc) is 3.06. The van der Waals surface area contributed by atoms with Crippen molar-refractivity contribution in [2.45, 2.75) is 19.9 Å². The van der Waals surface area contributed by atoms with Gasteiger partial charge in [0, 0.05) is 43.9 Å². The van der Waals surface area contributed by atoms with Crippen molar-refractivity contribution in [3.05, 3.63) is 83.6 Å². The normalized spacial score (nSPS) is 14.6. The summed E-state index contributed by atoms with van der Waals surface area (Å²) >= 11 is 0. The van der Waals surface area contributed by atoms with Crippen LogP contribution >= 0.6 is 0 Å². The maximum Gasteiger partial charge on any atom is 0.255 e. The highest BCUT2D eigenvalue weighted by atomic mass is 16.5. The molecule has 1 fully saturated rings. The molecular formula is C26H30N4O2. The third-order valence-corrected chi connectivity index (χ3v) is 5.89. The van der Waals surface area contributed by atoms with Crippen LogP contribution < -0.4 is 15.0 Å². The average molecular weight is 431 g/mol. The molecule has 0 bridgehead atoms. The zero-order valence-electron chi connectivity index (χ0n) is 18.8. The summed E-state index contributed by atoms with van der Waals surface area (Å²) in [5.41, 5.74) is 3.56. The Bertz CT molecular complexity index is 1050. The monoisotopic (exact) mass is 430 g/mol. The summed E-state index contributed by atoms with van der Waals surface area (Å²) in [5.74, 6) is 1.77. The molecule has 4 rings (SSSR count). The number of rotatable bonds is 6. The van der Waals surface area contributed by atoms with E-state index in [0.717, 1.165) is 56.3 Å². The van der Waals surface area contributed by atoms with Crippen molar-refractivity contribution >= 4 is 17.4 Å². The van der Waals surface area contributed by atoms with E-state index in [0.29, 0.717) is 11.3 Å². The molecule has 32 heavy (non-hydrogen) atoms. The molecule has 0 saturated carbocycles. The molecule has 6 nitrogen and oxygen atoms in total. The Labute approximate surface area is 189 Å². The molecule has 1 aliphatic rings.